The molecule has 7 aromatic carbocycles. The Morgan fingerprint density at radius 2 is 0.355 bits per heavy atom. The molecular weight excluding hydrogens is 1150 g/mol. The van der Waals surface area contributed by atoms with Crippen LogP contribution in [0.25, 0.3) is 65.7 Å². The second-order valence-corrected chi connectivity index (χ2v) is 25.7. The highest BCUT2D eigenvalue weighted by Crippen LogP contribution is 2.50. The van der Waals surface area contributed by atoms with Gasteiger partial charge in [0.15, 0.2) is 34.5 Å². The molecule has 93 heavy (non-hydrogen) atoms. The Kier molecular flexibility index (Phi) is 34.0. The van der Waals surface area contributed by atoms with Gasteiger partial charge in [0.2, 0.25) is 0 Å². The predicted octanol–water partition coefficient (Wildman–Crippen LogP) is 25.4. The number of hydrogen-bond donors (Lipinski definition) is 0. The molecule has 0 unspecified atom stereocenters. The van der Waals surface area contributed by atoms with Crippen LogP contribution in [0.15, 0.2) is 91.0 Å². The van der Waals surface area contributed by atoms with E-state index in [1.54, 1.807) is 0 Å². The lowest BCUT2D eigenvalue weighted by molar-refractivity contribution is 0.260. The molecule has 0 aliphatic heterocycles. The van der Waals surface area contributed by atoms with Crippen molar-refractivity contribution in [1.29, 1.82) is 0 Å². The number of hydrogen-bond acceptors (Lipinski definition) is 9. The van der Waals surface area contributed by atoms with E-state index in [-0.39, 0.29) is 0 Å². The van der Waals surface area contributed by atoms with Gasteiger partial charge in [-0.05, 0) is 180 Å². The molecule has 0 saturated carbocycles. The largest absolute Gasteiger partial charge is 0.493 e. The van der Waals surface area contributed by atoms with Crippen LogP contribution in [0.3, 0.4) is 0 Å². The molecule has 510 valence electrons. The molecule has 0 saturated heterocycles. The van der Waals surface area contributed by atoms with Crippen molar-refractivity contribution in [3.05, 3.63) is 91.0 Å². The zero-order chi connectivity index (χ0) is 65.7. The van der Waals surface area contributed by atoms with Crippen LogP contribution >= 0.6 is 0 Å². The summed E-state index contributed by atoms with van der Waals surface area (Å²) in [7, 11) is 0. The van der Waals surface area contributed by atoms with Crippen LogP contribution in [0.5, 0.6) is 51.7 Å². The van der Waals surface area contributed by atoms with E-state index >= 15 is 0 Å². The van der Waals surface area contributed by atoms with Gasteiger partial charge in [0.05, 0.1) is 59.5 Å². The fourth-order valence-corrected chi connectivity index (χ4v) is 12.2. The monoisotopic (exact) mass is 1270 g/mol. The van der Waals surface area contributed by atoms with E-state index in [1.165, 1.54) is 19.3 Å². The first-order valence-corrected chi connectivity index (χ1v) is 37.5. The Hall–Kier alpha value is -6.48. The minimum atomic E-state index is 0.602. The highest BCUT2D eigenvalue weighted by atomic mass is 16.5. The number of benzene rings is 7. The van der Waals surface area contributed by atoms with Crippen molar-refractivity contribution < 1.29 is 42.6 Å². The van der Waals surface area contributed by atoms with Gasteiger partial charge in [0.25, 0.3) is 0 Å². The van der Waals surface area contributed by atoms with Crippen LogP contribution in [-0.4, -0.2) is 59.5 Å². The maximum atomic E-state index is 7.15. The SMILES string of the molecule is CCCCCCOc1cc2c(cc1-c1ccc(OCCCCC)c(OCCCCC)c1)c1cc(OCCCCCC)c(-c3ccc(OCCCCC)c(OCCCCC)c3)cc1c1cc(OCCCCCC)c(-c3ccc(OCCCCC)c(OCCCCC)c3)cc21. The Bertz CT molecular complexity index is 2880. The quantitative estimate of drug-likeness (QED) is 0.0273. The lowest BCUT2D eigenvalue weighted by atomic mass is 9.87. The molecule has 0 bridgehead atoms. The Labute approximate surface area is 562 Å². The summed E-state index contributed by atoms with van der Waals surface area (Å²) in [5.74, 6) is 7.17. The summed E-state index contributed by atoms with van der Waals surface area (Å²) < 4.78 is 61.2. The van der Waals surface area contributed by atoms with Gasteiger partial charge in [-0.2, -0.15) is 0 Å². The van der Waals surface area contributed by atoms with E-state index in [9.17, 15) is 0 Å². The van der Waals surface area contributed by atoms with Crippen molar-refractivity contribution >= 4 is 32.3 Å². The van der Waals surface area contributed by atoms with Crippen LogP contribution in [0.4, 0.5) is 0 Å². The van der Waals surface area contributed by atoms with Crippen LogP contribution in [0.1, 0.15) is 255 Å². The molecule has 0 aromatic heterocycles. The van der Waals surface area contributed by atoms with Crippen molar-refractivity contribution in [2.45, 2.75) is 255 Å². The molecule has 0 amide bonds. The molecule has 9 nitrogen and oxygen atoms in total. The van der Waals surface area contributed by atoms with Gasteiger partial charge in [-0.1, -0.05) is 215 Å². The number of fused-ring (bicyclic) bond motifs is 6. The topological polar surface area (TPSA) is 83.1 Å². The smallest absolute Gasteiger partial charge is 0.161 e. The fourth-order valence-electron chi connectivity index (χ4n) is 12.2. The molecule has 9 heteroatoms. The first-order valence-electron chi connectivity index (χ1n) is 37.5. The Morgan fingerprint density at radius 3 is 0.581 bits per heavy atom. The third-order valence-corrected chi connectivity index (χ3v) is 17.8. The first kappa shape index (κ1) is 73.9. The van der Waals surface area contributed by atoms with E-state index in [1.807, 2.05) is 0 Å². The number of unbranched alkanes of at least 4 members (excludes halogenated alkanes) is 21. The zero-order valence-electron chi connectivity index (χ0n) is 59.4. The van der Waals surface area contributed by atoms with Gasteiger partial charge in [0.1, 0.15) is 17.2 Å². The maximum absolute atomic E-state index is 7.15. The van der Waals surface area contributed by atoms with Crippen molar-refractivity contribution in [2.75, 3.05) is 59.5 Å². The van der Waals surface area contributed by atoms with E-state index in [0.717, 1.165) is 291 Å². The second-order valence-electron chi connectivity index (χ2n) is 25.7. The summed E-state index contributed by atoms with van der Waals surface area (Å²) in [4.78, 5) is 0. The predicted molar refractivity (Wildman–Crippen MR) is 394 cm³/mol. The summed E-state index contributed by atoms with van der Waals surface area (Å²) in [6.45, 7) is 25.8. The van der Waals surface area contributed by atoms with Crippen LogP contribution in [0, 0.1) is 0 Å². The summed E-state index contributed by atoms with van der Waals surface area (Å²) in [6.07, 6.45) is 32.5. The van der Waals surface area contributed by atoms with E-state index in [2.05, 4.69) is 153 Å². The number of rotatable bonds is 51. The molecular formula is C84H120O9. The van der Waals surface area contributed by atoms with E-state index < -0.39 is 0 Å². The first-order chi connectivity index (χ1) is 45.8. The van der Waals surface area contributed by atoms with E-state index in [0.29, 0.717) is 59.5 Å². The second kappa shape index (κ2) is 42.8. The summed E-state index contributed by atoms with van der Waals surface area (Å²) in [6, 6.07) is 33.7. The maximum Gasteiger partial charge on any atom is 0.161 e. The van der Waals surface area contributed by atoms with Crippen LogP contribution in [-0.2, 0) is 0 Å². The van der Waals surface area contributed by atoms with Crippen molar-refractivity contribution in [3.8, 4) is 85.1 Å². The lowest BCUT2D eigenvalue weighted by Crippen LogP contribution is -2.04. The third kappa shape index (κ3) is 22.9. The minimum Gasteiger partial charge on any atom is -0.493 e. The summed E-state index contributed by atoms with van der Waals surface area (Å²) >= 11 is 0. The molecule has 0 atom stereocenters. The van der Waals surface area contributed by atoms with Gasteiger partial charge in [-0.15, -0.1) is 0 Å². The van der Waals surface area contributed by atoms with Crippen molar-refractivity contribution in [1.82, 2.24) is 0 Å². The molecule has 0 spiro atoms. The molecule has 0 aliphatic carbocycles. The molecule has 0 N–H and O–H groups in total. The highest BCUT2D eigenvalue weighted by Gasteiger charge is 2.24. The number of ether oxygens (including phenoxy) is 9. The zero-order valence-corrected chi connectivity index (χ0v) is 59.4. The molecule has 7 aromatic rings. The minimum absolute atomic E-state index is 0.602. The third-order valence-electron chi connectivity index (χ3n) is 17.8. The normalized spacial score (nSPS) is 11.5. The molecule has 0 radical (unpaired) electrons. The standard InChI is InChI=1S/C84H120O9/c1-10-19-28-37-52-88-79-61-73-70(58-67(79)64-40-43-76(85-46-31-22-13-4)82(55-64)91-49-34-25-16-7)74-62-80(89-53-38-29-20-11-2)69(66-42-45-78(87-48-33-24-15-6)84(57-66)93-51-36-27-18-9)60-72(74)75-63-81(90-54-39-30-21-12-3)68(59-71(73)75)65-41-44-77(86-47-32-23-14-5)83(56-65)92-50-35-26-17-8/h40-45,55-63H,10-39,46-54H2,1-9H3. The Morgan fingerprint density at radius 1 is 0.172 bits per heavy atom. The fraction of sp³-hybridized carbons (Fsp3) is 0.571. The highest BCUT2D eigenvalue weighted by molar-refractivity contribution is 6.28. The van der Waals surface area contributed by atoms with Gasteiger partial charge < -0.3 is 42.6 Å². The van der Waals surface area contributed by atoms with Gasteiger partial charge >= 0.3 is 0 Å². The molecule has 0 heterocycles. The van der Waals surface area contributed by atoms with Gasteiger partial charge in [0, 0.05) is 16.7 Å². The van der Waals surface area contributed by atoms with Crippen molar-refractivity contribution in [3.63, 3.8) is 0 Å². The average Bonchev–Trinajstić information content (AvgIpc) is 0.742. The van der Waals surface area contributed by atoms with Gasteiger partial charge in [-0.3, -0.25) is 0 Å². The average molecular weight is 1270 g/mol. The van der Waals surface area contributed by atoms with E-state index in [4.69, 9.17) is 42.6 Å². The van der Waals surface area contributed by atoms with Crippen LogP contribution in [0.2, 0.25) is 0 Å². The molecule has 0 aliphatic rings. The van der Waals surface area contributed by atoms with Crippen LogP contribution < -0.4 is 42.6 Å². The summed E-state index contributed by atoms with van der Waals surface area (Å²) in [5.41, 5.74) is 6.07. The lowest BCUT2D eigenvalue weighted by Gasteiger charge is -2.22. The molecule has 7 rings (SSSR count). The van der Waals surface area contributed by atoms with Gasteiger partial charge in [-0.25, -0.2) is 0 Å². The molecule has 0 fully saturated rings. The van der Waals surface area contributed by atoms with Crippen molar-refractivity contribution in [2.24, 2.45) is 0 Å². The Balaban J connectivity index is 1.58. The summed E-state index contributed by atoms with van der Waals surface area (Å²) in [5, 5.41) is 6.58.